The van der Waals surface area contributed by atoms with E-state index in [1.807, 2.05) is 0 Å². The first-order chi connectivity index (χ1) is 13.6. The lowest BCUT2D eigenvalue weighted by atomic mass is 10.2. The molecule has 2 N–H and O–H groups in total. The maximum Gasteiger partial charge on any atom is 0.273 e. The number of aromatic nitrogens is 3. The van der Waals surface area contributed by atoms with Gasteiger partial charge in [-0.3, -0.25) is 9.59 Å². The number of aromatic amines is 1. The third-order valence-electron chi connectivity index (χ3n) is 3.78. The van der Waals surface area contributed by atoms with Crippen molar-refractivity contribution in [1.29, 1.82) is 0 Å². The Morgan fingerprint density at radius 2 is 2.11 bits per heavy atom. The number of hydrogen-bond acceptors (Lipinski definition) is 7. The Labute approximate surface area is 162 Å². The van der Waals surface area contributed by atoms with E-state index in [-0.39, 0.29) is 30.0 Å². The van der Waals surface area contributed by atoms with Gasteiger partial charge in [0.15, 0.2) is 17.3 Å². The van der Waals surface area contributed by atoms with Gasteiger partial charge in [0, 0.05) is 32.1 Å². The number of carbonyl (C=O) groups excluding carboxylic acids is 1. The Morgan fingerprint density at radius 3 is 2.79 bits per heavy atom. The number of ether oxygens (including phenoxy) is 3. The molecule has 0 atom stereocenters. The molecule has 1 aromatic heterocycles. The van der Waals surface area contributed by atoms with E-state index < -0.39 is 0 Å². The second-order valence-electron chi connectivity index (χ2n) is 5.76. The fourth-order valence-electron chi connectivity index (χ4n) is 2.35. The van der Waals surface area contributed by atoms with Crippen LogP contribution in [0.15, 0.2) is 35.6 Å². The van der Waals surface area contributed by atoms with Gasteiger partial charge in [-0.05, 0) is 18.2 Å². The minimum Gasteiger partial charge on any atom is -0.493 e. The molecule has 9 heteroatoms. The maximum absolute atomic E-state index is 12.3. The van der Waals surface area contributed by atoms with Crippen LogP contribution in [0.1, 0.15) is 12.1 Å². The minimum atomic E-state index is -0.388. The van der Waals surface area contributed by atoms with Crippen LogP contribution in [0.25, 0.3) is 11.4 Å². The van der Waals surface area contributed by atoms with E-state index in [1.54, 1.807) is 31.4 Å². The highest BCUT2D eigenvalue weighted by molar-refractivity contribution is 5.76. The van der Waals surface area contributed by atoms with Crippen molar-refractivity contribution in [2.45, 2.75) is 12.8 Å². The zero-order valence-corrected chi connectivity index (χ0v) is 16.0. The molecule has 0 bridgehead atoms. The first kappa shape index (κ1) is 21.1. The third-order valence-corrected chi connectivity index (χ3v) is 3.78. The normalized spacial score (nSPS) is 10.4. The maximum atomic E-state index is 12.3. The van der Waals surface area contributed by atoms with Crippen LogP contribution in [0, 0.1) is 0 Å². The highest BCUT2D eigenvalue weighted by Crippen LogP contribution is 2.31. The molecule has 0 fully saturated rings. The molecule has 0 aliphatic carbocycles. The fraction of sp³-hybridized carbons (Fsp3) is 0.368. The van der Waals surface area contributed by atoms with E-state index >= 15 is 0 Å². The van der Waals surface area contributed by atoms with Crippen LogP contribution in [0.3, 0.4) is 0 Å². The van der Waals surface area contributed by atoms with Gasteiger partial charge in [0.05, 0.1) is 13.7 Å². The second-order valence-corrected chi connectivity index (χ2v) is 5.76. The lowest BCUT2D eigenvalue weighted by molar-refractivity contribution is -0.121. The van der Waals surface area contributed by atoms with Gasteiger partial charge >= 0.3 is 0 Å². The summed E-state index contributed by atoms with van der Waals surface area (Å²) in [6.45, 7) is 4.81. The molecule has 28 heavy (non-hydrogen) atoms. The summed E-state index contributed by atoms with van der Waals surface area (Å²) in [5.41, 5.74) is 0.431. The first-order valence-electron chi connectivity index (χ1n) is 8.72. The van der Waals surface area contributed by atoms with Gasteiger partial charge in [0.1, 0.15) is 12.3 Å². The summed E-state index contributed by atoms with van der Waals surface area (Å²) >= 11 is 0. The highest BCUT2D eigenvalue weighted by Gasteiger charge is 2.12. The molecule has 0 radical (unpaired) electrons. The Morgan fingerprint density at radius 1 is 1.29 bits per heavy atom. The molecule has 2 rings (SSSR count). The monoisotopic (exact) mass is 388 g/mol. The van der Waals surface area contributed by atoms with Gasteiger partial charge in [-0.2, -0.15) is 0 Å². The average Bonchev–Trinajstić information content (AvgIpc) is 2.71. The molecule has 0 aliphatic rings. The van der Waals surface area contributed by atoms with Crippen molar-refractivity contribution in [3.63, 3.8) is 0 Å². The zero-order valence-electron chi connectivity index (χ0n) is 16.0. The molecular weight excluding hydrogens is 364 g/mol. The summed E-state index contributed by atoms with van der Waals surface area (Å²) in [6.07, 6.45) is 1.97. The van der Waals surface area contributed by atoms with Gasteiger partial charge in [-0.25, -0.2) is 0 Å². The SMILES string of the molecule is C=CCOc1ccc(-c2nnc(CCC(=O)NCCOC)c(=O)[nH]2)cc1OC. The fourth-order valence-corrected chi connectivity index (χ4v) is 2.35. The largest absolute Gasteiger partial charge is 0.493 e. The number of hydrogen-bond donors (Lipinski definition) is 2. The standard InChI is InChI=1S/C19H24N4O5/c1-4-10-28-15-7-5-13(12-16(15)27-3)18-21-19(25)14(22-23-18)6-8-17(24)20-9-11-26-2/h4-5,7,12H,1,6,8-11H2,2-3H3,(H,20,24)(H,21,23,25). The lowest BCUT2D eigenvalue weighted by Gasteiger charge is -2.10. The molecule has 1 aromatic carbocycles. The van der Waals surface area contributed by atoms with Crippen LogP contribution in [-0.4, -0.2) is 55.1 Å². The summed E-state index contributed by atoms with van der Waals surface area (Å²) in [4.78, 5) is 26.7. The van der Waals surface area contributed by atoms with Crippen molar-refractivity contribution in [3.05, 3.63) is 46.9 Å². The van der Waals surface area contributed by atoms with Crippen molar-refractivity contribution in [1.82, 2.24) is 20.5 Å². The number of carbonyl (C=O) groups is 1. The quantitative estimate of drug-likeness (QED) is 0.437. The number of nitrogens with zero attached hydrogens (tertiary/aromatic N) is 2. The molecule has 9 nitrogen and oxygen atoms in total. The van der Waals surface area contributed by atoms with E-state index in [9.17, 15) is 9.59 Å². The van der Waals surface area contributed by atoms with Crippen LogP contribution in [-0.2, 0) is 16.0 Å². The molecule has 0 saturated heterocycles. The van der Waals surface area contributed by atoms with Crippen molar-refractivity contribution in [2.75, 3.05) is 34.0 Å². The zero-order chi connectivity index (χ0) is 20.4. The van der Waals surface area contributed by atoms with E-state index in [0.29, 0.717) is 42.6 Å². The Hall–Kier alpha value is -3.20. The van der Waals surface area contributed by atoms with Crippen LogP contribution in [0.5, 0.6) is 11.5 Å². The van der Waals surface area contributed by atoms with Gasteiger partial charge in [-0.1, -0.05) is 12.7 Å². The minimum absolute atomic E-state index is 0.143. The van der Waals surface area contributed by atoms with Crippen LogP contribution >= 0.6 is 0 Å². The molecule has 1 heterocycles. The van der Waals surface area contributed by atoms with E-state index in [0.717, 1.165) is 0 Å². The van der Waals surface area contributed by atoms with Crippen molar-refractivity contribution < 1.29 is 19.0 Å². The molecular formula is C19H24N4O5. The number of methoxy groups -OCH3 is 2. The van der Waals surface area contributed by atoms with Gasteiger partial charge in [0.2, 0.25) is 5.91 Å². The number of nitrogens with one attached hydrogen (secondary N) is 2. The third kappa shape index (κ3) is 5.92. The summed E-state index contributed by atoms with van der Waals surface area (Å²) in [5, 5.41) is 10.7. The van der Waals surface area contributed by atoms with Gasteiger partial charge in [-0.15, -0.1) is 10.2 Å². The highest BCUT2D eigenvalue weighted by atomic mass is 16.5. The molecule has 0 unspecified atom stereocenters. The number of amides is 1. The molecule has 2 aromatic rings. The Bertz CT molecular complexity index is 866. The lowest BCUT2D eigenvalue weighted by Crippen LogP contribution is -2.28. The van der Waals surface area contributed by atoms with Gasteiger partial charge < -0.3 is 24.5 Å². The summed E-state index contributed by atoms with van der Waals surface area (Å²) in [5.74, 6) is 1.17. The Balaban J connectivity index is 2.08. The van der Waals surface area contributed by atoms with Crippen LogP contribution in [0.2, 0.25) is 0 Å². The van der Waals surface area contributed by atoms with E-state index in [1.165, 1.54) is 7.11 Å². The number of aryl methyl sites for hydroxylation is 1. The predicted octanol–water partition coefficient (Wildman–Crippen LogP) is 1.10. The molecule has 0 saturated carbocycles. The molecule has 0 aliphatic heterocycles. The van der Waals surface area contributed by atoms with Crippen molar-refractivity contribution in [3.8, 4) is 22.9 Å². The molecule has 150 valence electrons. The van der Waals surface area contributed by atoms with Gasteiger partial charge in [0.25, 0.3) is 5.56 Å². The predicted molar refractivity (Wildman–Crippen MR) is 104 cm³/mol. The average molecular weight is 388 g/mol. The topological polar surface area (TPSA) is 115 Å². The summed E-state index contributed by atoms with van der Waals surface area (Å²) in [7, 11) is 3.08. The van der Waals surface area contributed by atoms with Crippen molar-refractivity contribution >= 4 is 5.91 Å². The first-order valence-corrected chi connectivity index (χ1v) is 8.72. The number of rotatable bonds is 11. The molecule has 0 spiro atoms. The summed E-state index contributed by atoms with van der Waals surface area (Å²) in [6, 6.07) is 5.15. The van der Waals surface area contributed by atoms with Crippen LogP contribution < -0.4 is 20.3 Å². The van der Waals surface area contributed by atoms with Crippen molar-refractivity contribution in [2.24, 2.45) is 0 Å². The van der Waals surface area contributed by atoms with Crippen LogP contribution in [0.4, 0.5) is 0 Å². The Kier molecular flexibility index (Phi) is 8.16. The van der Waals surface area contributed by atoms with E-state index in [4.69, 9.17) is 14.2 Å². The van der Waals surface area contributed by atoms with E-state index in [2.05, 4.69) is 27.1 Å². The molecule has 1 amide bonds. The smallest absolute Gasteiger partial charge is 0.273 e. The number of H-pyrrole nitrogens is 1. The second kappa shape index (κ2) is 10.8. The summed E-state index contributed by atoms with van der Waals surface area (Å²) < 4.78 is 15.7. The number of benzene rings is 1.